The molecular weight excluding hydrogens is 342 g/mol. The number of aryl methyl sites for hydroxylation is 1. The van der Waals surface area contributed by atoms with Crippen molar-refractivity contribution < 1.29 is 17.6 Å². The van der Waals surface area contributed by atoms with Crippen LogP contribution in [0.5, 0.6) is 0 Å². The van der Waals surface area contributed by atoms with Crippen LogP contribution in [-0.4, -0.2) is 39.0 Å². The number of hydrogen-bond acceptors (Lipinski definition) is 5. The SMILES string of the molecule is Cc1ccc2oc3ccc(S(=O)(=O)N4CCOCC4)cc3c(=O)c2c1. The largest absolute Gasteiger partial charge is 0.456 e. The second kappa shape index (κ2) is 5.94. The van der Waals surface area contributed by atoms with Crippen LogP contribution < -0.4 is 5.43 Å². The number of ether oxygens (including phenoxy) is 1. The average molecular weight is 359 g/mol. The van der Waals surface area contributed by atoms with E-state index in [1.807, 2.05) is 13.0 Å². The van der Waals surface area contributed by atoms with Gasteiger partial charge < -0.3 is 9.15 Å². The molecule has 1 fully saturated rings. The van der Waals surface area contributed by atoms with Gasteiger partial charge in [0.05, 0.1) is 28.9 Å². The first-order chi connectivity index (χ1) is 12.0. The molecule has 0 N–H and O–H groups in total. The Bertz CT molecular complexity index is 1130. The minimum atomic E-state index is -3.66. The van der Waals surface area contributed by atoms with Gasteiger partial charge in [0.2, 0.25) is 15.5 Å². The maximum atomic E-state index is 12.8. The van der Waals surface area contributed by atoms with Crippen molar-refractivity contribution in [3.05, 3.63) is 52.2 Å². The highest BCUT2D eigenvalue weighted by Gasteiger charge is 2.27. The minimum absolute atomic E-state index is 0.0983. The first-order valence-corrected chi connectivity index (χ1v) is 9.46. The minimum Gasteiger partial charge on any atom is -0.456 e. The Morgan fingerprint density at radius 3 is 2.32 bits per heavy atom. The van der Waals surface area contributed by atoms with Crippen molar-refractivity contribution in [2.45, 2.75) is 11.8 Å². The normalized spacial score (nSPS) is 16.5. The number of hydrogen-bond donors (Lipinski definition) is 0. The molecule has 1 saturated heterocycles. The average Bonchev–Trinajstić information content (AvgIpc) is 2.63. The second-order valence-corrected chi connectivity index (χ2v) is 8.04. The van der Waals surface area contributed by atoms with E-state index < -0.39 is 10.0 Å². The molecule has 4 rings (SSSR count). The van der Waals surface area contributed by atoms with E-state index in [0.717, 1.165) is 5.56 Å². The third kappa shape index (κ3) is 2.74. The molecule has 0 spiro atoms. The number of nitrogens with zero attached hydrogens (tertiary/aromatic N) is 1. The van der Waals surface area contributed by atoms with Gasteiger partial charge in [0.15, 0.2) is 0 Å². The van der Waals surface area contributed by atoms with Crippen LogP contribution in [0.25, 0.3) is 21.9 Å². The molecule has 1 aromatic heterocycles. The summed E-state index contributed by atoms with van der Waals surface area (Å²) in [6, 6.07) is 9.81. The summed E-state index contributed by atoms with van der Waals surface area (Å²) in [6.45, 7) is 3.26. The maximum absolute atomic E-state index is 12.8. The lowest BCUT2D eigenvalue weighted by molar-refractivity contribution is 0.0730. The molecule has 0 aliphatic carbocycles. The summed E-state index contributed by atoms with van der Waals surface area (Å²) < 4.78 is 37.9. The quantitative estimate of drug-likeness (QED) is 0.656. The topological polar surface area (TPSA) is 76.8 Å². The maximum Gasteiger partial charge on any atom is 0.243 e. The molecule has 1 aliphatic heterocycles. The van der Waals surface area contributed by atoms with Gasteiger partial charge in [-0.25, -0.2) is 8.42 Å². The van der Waals surface area contributed by atoms with E-state index in [9.17, 15) is 13.2 Å². The van der Waals surface area contributed by atoms with Gasteiger partial charge >= 0.3 is 0 Å². The van der Waals surface area contributed by atoms with Crippen molar-refractivity contribution in [2.24, 2.45) is 0 Å². The molecule has 2 aromatic carbocycles. The molecule has 2 heterocycles. The summed E-state index contributed by atoms with van der Waals surface area (Å²) in [5.74, 6) is 0. The lowest BCUT2D eigenvalue weighted by Gasteiger charge is -2.26. The first kappa shape index (κ1) is 16.3. The van der Waals surface area contributed by atoms with E-state index in [1.54, 1.807) is 18.2 Å². The number of morpholine rings is 1. The molecule has 25 heavy (non-hydrogen) atoms. The number of fused-ring (bicyclic) bond motifs is 2. The van der Waals surface area contributed by atoms with E-state index in [-0.39, 0.29) is 15.7 Å². The van der Waals surface area contributed by atoms with Crippen LogP contribution in [0, 0.1) is 6.92 Å². The van der Waals surface area contributed by atoms with Gasteiger partial charge in [-0.2, -0.15) is 4.31 Å². The predicted octanol–water partition coefficient (Wildman–Crippen LogP) is 2.28. The Morgan fingerprint density at radius 1 is 0.960 bits per heavy atom. The molecule has 3 aromatic rings. The Morgan fingerprint density at radius 2 is 1.60 bits per heavy atom. The van der Waals surface area contributed by atoms with E-state index in [4.69, 9.17) is 9.15 Å². The van der Waals surface area contributed by atoms with Crippen LogP contribution in [0.2, 0.25) is 0 Å². The third-order valence-electron chi connectivity index (χ3n) is 4.40. The van der Waals surface area contributed by atoms with Crippen molar-refractivity contribution in [2.75, 3.05) is 26.3 Å². The van der Waals surface area contributed by atoms with Crippen LogP contribution in [-0.2, 0) is 14.8 Å². The number of sulfonamides is 1. The van der Waals surface area contributed by atoms with Crippen molar-refractivity contribution in [3.63, 3.8) is 0 Å². The van der Waals surface area contributed by atoms with Crippen molar-refractivity contribution in [1.29, 1.82) is 0 Å². The summed E-state index contributed by atoms with van der Waals surface area (Å²) in [5.41, 5.74) is 1.59. The fourth-order valence-corrected chi connectivity index (χ4v) is 4.48. The highest BCUT2D eigenvalue weighted by molar-refractivity contribution is 7.89. The monoisotopic (exact) mass is 359 g/mol. The Balaban J connectivity index is 1.91. The zero-order valence-corrected chi connectivity index (χ0v) is 14.5. The zero-order chi connectivity index (χ0) is 17.6. The lowest BCUT2D eigenvalue weighted by Crippen LogP contribution is -2.40. The fraction of sp³-hybridized carbons (Fsp3) is 0.278. The van der Waals surface area contributed by atoms with Crippen LogP contribution in [0.15, 0.2) is 50.5 Å². The molecule has 0 bridgehead atoms. The molecule has 0 unspecified atom stereocenters. The highest BCUT2D eigenvalue weighted by Crippen LogP contribution is 2.24. The van der Waals surface area contributed by atoms with Gasteiger partial charge in [0, 0.05) is 13.1 Å². The smallest absolute Gasteiger partial charge is 0.243 e. The molecule has 0 radical (unpaired) electrons. The van der Waals surface area contributed by atoms with Gasteiger partial charge in [0.1, 0.15) is 11.2 Å². The molecule has 6 nitrogen and oxygen atoms in total. The Hall–Kier alpha value is -2.22. The molecule has 0 amide bonds. The zero-order valence-electron chi connectivity index (χ0n) is 13.7. The second-order valence-electron chi connectivity index (χ2n) is 6.11. The molecule has 7 heteroatoms. The highest BCUT2D eigenvalue weighted by atomic mass is 32.2. The summed E-state index contributed by atoms with van der Waals surface area (Å²) in [7, 11) is -3.66. The van der Waals surface area contributed by atoms with E-state index in [1.165, 1.54) is 16.4 Å². The van der Waals surface area contributed by atoms with Crippen molar-refractivity contribution in [1.82, 2.24) is 4.31 Å². The van der Waals surface area contributed by atoms with Crippen LogP contribution >= 0.6 is 0 Å². The molecule has 1 aliphatic rings. The van der Waals surface area contributed by atoms with Gasteiger partial charge in [-0.1, -0.05) is 11.6 Å². The van der Waals surface area contributed by atoms with Crippen LogP contribution in [0.4, 0.5) is 0 Å². The summed E-state index contributed by atoms with van der Waals surface area (Å²) in [5, 5.41) is 0.723. The summed E-state index contributed by atoms with van der Waals surface area (Å²) >= 11 is 0. The standard InChI is InChI=1S/C18H17NO5S/c1-12-2-4-16-14(10-12)18(20)15-11-13(3-5-17(15)24-16)25(21,22)19-6-8-23-9-7-19/h2-5,10-11H,6-9H2,1H3. The van der Waals surface area contributed by atoms with E-state index >= 15 is 0 Å². The first-order valence-electron chi connectivity index (χ1n) is 8.02. The predicted molar refractivity (Wildman–Crippen MR) is 94.3 cm³/mol. The van der Waals surface area contributed by atoms with Gasteiger partial charge in [-0.15, -0.1) is 0 Å². The van der Waals surface area contributed by atoms with Crippen molar-refractivity contribution >= 4 is 32.0 Å². The van der Waals surface area contributed by atoms with Crippen LogP contribution in [0.1, 0.15) is 5.56 Å². The molecule has 0 atom stereocenters. The van der Waals surface area contributed by atoms with E-state index in [0.29, 0.717) is 42.9 Å². The molecule has 0 saturated carbocycles. The van der Waals surface area contributed by atoms with Gasteiger partial charge in [0.25, 0.3) is 0 Å². The van der Waals surface area contributed by atoms with E-state index in [2.05, 4.69) is 0 Å². The number of benzene rings is 2. The fourth-order valence-electron chi connectivity index (χ4n) is 3.05. The van der Waals surface area contributed by atoms with Gasteiger partial charge in [-0.05, 0) is 37.3 Å². The van der Waals surface area contributed by atoms with Crippen LogP contribution in [0.3, 0.4) is 0 Å². The lowest BCUT2D eigenvalue weighted by atomic mass is 10.1. The molecule has 130 valence electrons. The summed E-state index contributed by atoms with van der Waals surface area (Å²) in [4.78, 5) is 12.9. The number of rotatable bonds is 2. The summed E-state index contributed by atoms with van der Waals surface area (Å²) in [6.07, 6.45) is 0. The van der Waals surface area contributed by atoms with Gasteiger partial charge in [-0.3, -0.25) is 4.79 Å². The Kier molecular flexibility index (Phi) is 3.87. The van der Waals surface area contributed by atoms with Crippen molar-refractivity contribution in [3.8, 4) is 0 Å². The third-order valence-corrected chi connectivity index (χ3v) is 6.30. The molecular formula is C18H17NO5S. The Labute approximate surface area is 144 Å².